The minimum absolute atomic E-state index is 0.00372. The molecule has 10 rings (SSSR count). The molecule has 4 saturated heterocycles. The maximum absolute atomic E-state index is 17.2. The molecule has 6 unspecified atom stereocenters. The van der Waals surface area contributed by atoms with Gasteiger partial charge in [-0.1, -0.05) is 35.3 Å². The molecule has 1 saturated carbocycles. The van der Waals surface area contributed by atoms with Crippen molar-refractivity contribution in [1.29, 1.82) is 5.26 Å². The van der Waals surface area contributed by atoms with Gasteiger partial charge in [-0.25, -0.2) is 19.3 Å². The van der Waals surface area contributed by atoms with Crippen LogP contribution < -0.4 is 10.2 Å². The number of carbonyl (C=O) groups is 1. The standard InChI is InChI=1S/C40H37Cl2F3N8O2/c1-19-25-12-29(38-22-9-23(52(38)32(55)17-54)16-51(15-22)31-13-30(40(2,44)45)48-18-49-31)53(37-21-11-28(37)47-14-21)39(25)26-10-20(5-4-8-46)33(35(43)36(26)50-19)24-6-3-7-27(41)34(24)42/h3,6-7,10,12-13,18,21-23,28,37-38,47,54H,4-5,9,11,14-17H2,1-2H3. The molecule has 2 aromatic carbocycles. The molecule has 1 aliphatic carbocycles. The molecule has 5 aliphatic rings. The van der Waals surface area contributed by atoms with Gasteiger partial charge in [-0.2, -0.15) is 14.0 Å². The predicted molar refractivity (Wildman–Crippen MR) is 203 cm³/mol. The number of pyridine rings is 1. The van der Waals surface area contributed by atoms with Crippen LogP contribution in [0.25, 0.3) is 32.9 Å². The summed E-state index contributed by atoms with van der Waals surface area (Å²) in [5, 5.41) is 25.5. The molecule has 7 heterocycles. The molecule has 6 atom stereocenters. The number of hydrogen-bond donors (Lipinski definition) is 2. The maximum atomic E-state index is 17.2. The number of nitrogens with zero attached hydrogens (tertiary/aromatic N) is 7. The van der Waals surface area contributed by atoms with E-state index in [-0.39, 0.29) is 63.7 Å². The van der Waals surface area contributed by atoms with Crippen LogP contribution in [-0.4, -0.2) is 73.8 Å². The Morgan fingerprint density at radius 3 is 2.65 bits per heavy atom. The molecule has 1 amide bonds. The van der Waals surface area contributed by atoms with E-state index in [0.717, 1.165) is 42.8 Å². The van der Waals surface area contributed by atoms with E-state index in [9.17, 15) is 23.9 Å². The van der Waals surface area contributed by atoms with Crippen LogP contribution in [0.3, 0.4) is 0 Å². The summed E-state index contributed by atoms with van der Waals surface area (Å²) in [7, 11) is 0. The number of alkyl halides is 2. The fourth-order valence-corrected chi connectivity index (χ4v) is 10.2. The van der Waals surface area contributed by atoms with E-state index in [4.69, 9.17) is 28.2 Å². The summed E-state index contributed by atoms with van der Waals surface area (Å²) >= 11 is 13.1. The van der Waals surface area contributed by atoms with Crippen LogP contribution in [0.4, 0.5) is 19.0 Å². The monoisotopic (exact) mass is 788 g/mol. The van der Waals surface area contributed by atoms with Gasteiger partial charge >= 0.3 is 0 Å². The molecule has 15 heteroatoms. The Hall–Kier alpha value is -4.48. The Balaban J connectivity index is 1.26. The number of aromatic nitrogens is 4. The lowest BCUT2D eigenvalue weighted by Crippen LogP contribution is -2.45. The number of hydrogen-bond acceptors (Lipinski definition) is 8. The van der Waals surface area contributed by atoms with E-state index in [1.807, 2.05) is 17.9 Å². The normalized spacial score (nSPS) is 24.5. The van der Waals surface area contributed by atoms with Crippen molar-refractivity contribution >= 4 is 56.7 Å². The Labute approximate surface area is 324 Å². The fourth-order valence-electron chi connectivity index (χ4n) is 9.84. The van der Waals surface area contributed by atoms with Crippen LogP contribution in [0.5, 0.6) is 0 Å². The van der Waals surface area contributed by atoms with Crippen LogP contribution in [0.15, 0.2) is 42.7 Å². The molecule has 284 valence electrons. The van der Waals surface area contributed by atoms with E-state index < -0.39 is 30.3 Å². The lowest BCUT2D eigenvalue weighted by atomic mass is 9.79. The minimum Gasteiger partial charge on any atom is -0.387 e. The Kier molecular flexibility index (Phi) is 8.77. The number of fused-ring (bicyclic) bond motifs is 6. The molecular weight excluding hydrogens is 752 g/mol. The zero-order chi connectivity index (χ0) is 38.5. The van der Waals surface area contributed by atoms with Gasteiger partial charge in [-0.3, -0.25) is 4.79 Å². The average Bonchev–Trinajstić information content (AvgIpc) is 3.95. The van der Waals surface area contributed by atoms with Crippen molar-refractivity contribution in [2.45, 2.75) is 69.6 Å². The number of amides is 1. The van der Waals surface area contributed by atoms with Gasteiger partial charge in [0.25, 0.3) is 5.92 Å². The second kappa shape index (κ2) is 13.3. The molecule has 10 nitrogen and oxygen atoms in total. The van der Waals surface area contributed by atoms with Gasteiger partial charge in [0.05, 0.1) is 39.8 Å². The van der Waals surface area contributed by atoms with Crippen molar-refractivity contribution in [3.05, 3.63) is 81.2 Å². The third-order valence-corrected chi connectivity index (χ3v) is 13.0. The molecule has 5 fully saturated rings. The Bertz CT molecular complexity index is 2430. The highest BCUT2D eigenvalue weighted by Crippen LogP contribution is 2.53. The molecule has 0 radical (unpaired) electrons. The van der Waals surface area contributed by atoms with Gasteiger partial charge in [0.2, 0.25) is 5.91 Å². The fraction of sp³-hybridized carbons (Fsp3) is 0.425. The minimum atomic E-state index is -3.16. The van der Waals surface area contributed by atoms with E-state index in [1.54, 1.807) is 23.1 Å². The smallest absolute Gasteiger partial charge is 0.287 e. The first kappa shape index (κ1) is 36.2. The summed E-state index contributed by atoms with van der Waals surface area (Å²) in [6, 6.07) is 11.9. The quantitative estimate of drug-likeness (QED) is 0.168. The van der Waals surface area contributed by atoms with Crippen LogP contribution in [0, 0.1) is 35.9 Å². The number of likely N-dealkylation sites (tertiary alicyclic amines) is 1. The number of halogens is 5. The van der Waals surface area contributed by atoms with Crippen molar-refractivity contribution < 1.29 is 23.1 Å². The molecule has 5 aromatic rings. The van der Waals surface area contributed by atoms with Crippen molar-refractivity contribution in [3.63, 3.8) is 0 Å². The summed E-state index contributed by atoms with van der Waals surface area (Å²) in [5.41, 5.74) is 3.29. The highest BCUT2D eigenvalue weighted by Gasteiger charge is 2.53. The number of anilines is 1. The summed E-state index contributed by atoms with van der Waals surface area (Å²) in [5.74, 6) is -3.65. The van der Waals surface area contributed by atoms with Gasteiger partial charge in [0, 0.05) is 84.3 Å². The van der Waals surface area contributed by atoms with Crippen LogP contribution >= 0.6 is 23.2 Å². The van der Waals surface area contributed by atoms with Crippen LogP contribution in [0.2, 0.25) is 10.0 Å². The third kappa shape index (κ3) is 5.66. The molecule has 3 aromatic heterocycles. The number of rotatable bonds is 8. The molecular formula is C40H37Cl2F3N8O2. The van der Waals surface area contributed by atoms with Crippen molar-refractivity contribution in [2.75, 3.05) is 31.1 Å². The summed E-state index contributed by atoms with van der Waals surface area (Å²) in [6.45, 7) is 3.53. The number of benzene rings is 2. The largest absolute Gasteiger partial charge is 0.387 e. The Morgan fingerprint density at radius 1 is 1.13 bits per heavy atom. The number of nitrogens with one attached hydrogen (secondary N) is 1. The first-order valence-electron chi connectivity index (χ1n) is 18.5. The lowest BCUT2D eigenvalue weighted by molar-refractivity contribution is -0.137. The van der Waals surface area contributed by atoms with Gasteiger partial charge in [0.1, 0.15) is 30.0 Å². The average molecular weight is 790 g/mol. The van der Waals surface area contributed by atoms with E-state index >= 15 is 4.39 Å². The second-order valence-corrected chi connectivity index (χ2v) is 16.2. The van der Waals surface area contributed by atoms with Crippen LogP contribution in [-0.2, 0) is 17.1 Å². The van der Waals surface area contributed by atoms with Crippen molar-refractivity contribution in [2.24, 2.45) is 11.8 Å². The highest BCUT2D eigenvalue weighted by atomic mass is 35.5. The van der Waals surface area contributed by atoms with Crippen molar-refractivity contribution in [1.82, 2.24) is 29.7 Å². The number of carbonyl (C=O) groups excluding carboxylic acids is 1. The van der Waals surface area contributed by atoms with Gasteiger partial charge < -0.3 is 24.8 Å². The highest BCUT2D eigenvalue weighted by molar-refractivity contribution is 6.43. The molecule has 4 aliphatic heterocycles. The molecule has 4 bridgehead atoms. The van der Waals surface area contributed by atoms with Crippen molar-refractivity contribution in [3.8, 4) is 17.2 Å². The van der Waals surface area contributed by atoms with Crippen LogP contribution in [0.1, 0.15) is 60.9 Å². The molecule has 0 spiro atoms. The zero-order valence-corrected chi connectivity index (χ0v) is 31.6. The van der Waals surface area contributed by atoms with E-state index in [0.29, 0.717) is 53.5 Å². The molecule has 2 N–H and O–H groups in total. The number of aryl methyl sites for hydroxylation is 2. The summed E-state index contributed by atoms with van der Waals surface area (Å²) in [6.07, 6.45) is 3.16. The van der Waals surface area contributed by atoms with E-state index in [1.165, 1.54) is 6.07 Å². The first-order valence-corrected chi connectivity index (χ1v) is 19.2. The summed E-state index contributed by atoms with van der Waals surface area (Å²) in [4.78, 5) is 30.5. The summed E-state index contributed by atoms with van der Waals surface area (Å²) < 4.78 is 48.2. The van der Waals surface area contributed by atoms with E-state index in [2.05, 4.69) is 32.0 Å². The van der Waals surface area contributed by atoms with Gasteiger partial charge in [-0.05, 0) is 55.9 Å². The lowest BCUT2D eigenvalue weighted by Gasteiger charge is -2.40. The number of nitriles is 1. The Morgan fingerprint density at radius 2 is 1.95 bits per heavy atom. The van der Waals surface area contributed by atoms with Gasteiger partial charge in [0.15, 0.2) is 5.82 Å². The molecule has 55 heavy (non-hydrogen) atoms. The zero-order valence-electron chi connectivity index (χ0n) is 30.0. The predicted octanol–water partition coefficient (Wildman–Crippen LogP) is 7.27. The van der Waals surface area contributed by atoms with Gasteiger partial charge in [-0.15, -0.1) is 0 Å². The second-order valence-electron chi connectivity index (χ2n) is 15.4. The topological polar surface area (TPSA) is 123 Å². The number of piperidine rings is 1. The third-order valence-electron chi connectivity index (χ3n) is 12.2. The maximum Gasteiger partial charge on any atom is 0.287 e. The number of aliphatic hydroxyl groups is 1. The number of aliphatic hydroxyl groups excluding tert-OH is 1. The SMILES string of the molecule is Cc1nc2c(F)c(-c3cccc(Cl)c3Cl)c(CCC#N)cc2c2c1cc(C1C3CC(CN(c4cc(C(C)(F)F)ncn4)C3)N1C(=O)CO)n2C1C2CNC1C2. The first-order chi connectivity index (χ1) is 26.4.